The first-order valence-electron chi connectivity index (χ1n) is 9.45. The Labute approximate surface area is 166 Å². The fourth-order valence-corrected chi connectivity index (χ4v) is 4.40. The van der Waals surface area contributed by atoms with Gasteiger partial charge in [-0.2, -0.15) is 0 Å². The van der Waals surface area contributed by atoms with Gasteiger partial charge in [0.2, 0.25) is 0 Å². The lowest BCUT2D eigenvalue weighted by molar-refractivity contribution is 0.0594. The molecule has 0 aliphatic carbocycles. The molecule has 0 aromatic carbocycles. The van der Waals surface area contributed by atoms with Gasteiger partial charge in [0.25, 0.3) is 11.5 Å². The number of hydrogen-bond acceptors (Lipinski definition) is 7. The van der Waals surface area contributed by atoms with Crippen LogP contribution >= 0.6 is 0 Å². The van der Waals surface area contributed by atoms with Crippen LogP contribution in [0.2, 0.25) is 0 Å². The van der Waals surface area contributed by atoms with Crippen LogP contribution in [0.15, 0.2) is 48.0 Å². The Morgan fingerprint density at radius 1 is 1.03 bits per heavy atom. The lowest BCUT2D eigenvalue weighted by Gasteiger charge is -2.42. The van der Waals surface area contributed by atoms with E-state index < -0.39 is 0 Å². The number of rotatable bonds is 2. The van der Waals surface area contributed by atoms with Crippen LogP contribution in [0.4, 0.5) is 5.82 Å². The van der Waals surface area contributed by atoms with Gasteiger partial charge in [-0.15, -0.1) is 0 Å². The first kappa shape index (κ1) is 17.5. The number of nitrogen functional groups attached to an aromatic ring is 1. The maximum absolute atomic E-state index is 12.9. The van der Waals surface area contributed by atoms with Gasteiger partial charge in [-0.05, 0) is 18.4 Å². The standard InChI is InChI=1S/C20H19N7O2/c21-18-4-16(24-11-25-18)13-2-17-14-1-12(8-27(17)19(28)3-13)7-26(9-14)20(29)15-5-22-10-23-6-15/h2-6,10-12,14H,1,7-9H2,(H2,21,24,25)/t12-,14+/m0/s1. The molecule has 2 N–H and O–H groups in total. The number of carbonyl (C=O) groups is 1. The molecule has 2 aliphatic heterocycles. The minimum Gasteiger partial charge on any atom is -0.384 e. The van der Waals surface area contributed by atoms with Gasteiger partial charge >= 0.3 is 0 Å². The summed E-state index contributed by atoms with van der Waals surface area (Å²) in [5.74, 6) is 0.610. The van der Waals surface area contributed by atoms with E-state index in [4.69, 9.17) is 5.73 Å². The number of piperidine rings is 1. The summed E-state index contributed by atoms with van der Waals surface area (Å²) in [5.41, 5.74) is 8.46. The van der Waals surface area contributed by atoms with Gasteiger partial charge in [-0.1, -0.05) is 0 Å². The normalized spacial score (nSPS) is 20.2. The molecule has 29 heavy (non-hydrogen) atoms. The smallest absolute Gasteiger partial charge is 0.257 e. The van der Waals surface area contributed by atoms with Crippen molar-refractivity contribution in [1.82, 2.24) is 29.4 Å². The fourth-order valence-electron chi connectivity index (χ4n) is 4.40. The number of fused-ring (bicyclic) bond motifs is 4. The minimum atomic E-state index is -0.0733. The van der Waals surface area contributed by atoms with Crippen LogP contribution in [0.1, 0.15) is 28.4 Å². The minimum absolute atomic E-state index is 0.0550. The lowest BCUT2D eigenvalue weighted by atomic mass is 9.82. The molecule has 2 atom stereocenters. The van der Waals surface area contributed by atoms with Crippen LogP contribution in [-0.4, -0.2) is 48.4 Å². The number of pyridine rings is 1. The molecule has 3 aromatic heterocycles. The van der Waals surface area contributed by atoms with Crippen molar-refractivity contribution in [2.24, 2.45) is 5.92 Å². The first-order chi connectivity index (χ1) is 14.1. The van der Waals surface area contributed by atoms with E-state index in [9.17, 15) is 9.59 Å². The van der Waals surface area contributed by atoms with Crippen LogP contribution in [0.5, 0.6) is 0 Å². The molecule has 0 spiro atoms. The molecule has 1 fully saturated rings. The Morgan fingerprint density at radius 3 is 2.66 bits per heavy atom. The van der Waals surface area contributed by atoms with Crippen LogP contribution in [0, 0.1) is 5.92 Å². The third-order valence-corrected chi connectivity index (χ3v) is 5.64. The number of carbonyl (C=O) groups excluding carboxylic acids is 1. The van der Waals surface area contributed by atoms with Gasteiger partial charge < -0.3 is 15.2 Å². The summed E-state index contributed by atoms with van der Waals surface area (Å²) in [6, 6.07) is 5.24. The number of likely N-dealkylation sites (tertiary alicyclic amines) is 1. The summed E-state index contributed by atoms with van der Waals surface area (Å²) >= 11 is 0. The average molecular weight is 389 g/mol. The molecule has 5 rings (SSSR count). The largest absolute Gasteiger partial charge is 0.384 e. The van der Waals surface area contributed by atoms with Crippen molar-refractivity contribution in [3.63, 3.8) is 0 Å². The highest BCUT2D eigenvalue weighted by Crippen LogP contribution is 2.36. The molecule has 2 aliphatic rings. The molecule has 9 nitrogen and oxygen atoms in total. The Balaban J connectivity index is 1.50. The topological polar surface area (TPSA) is 120 Å². The summed E-state index contributed by atoms with van der Waals surface area (Å²) in [6.07, 6.45) is 6.82. The Bertz CT molecular complexity index is 1150. The molecule has 2 bridgehead atoms. The lowest BCUT2D eigenvalue weighted by Crippen LogP contribution is -2.49. The summed E-state index contributed by atoms with van der Waals surface area (Å²) in [4.78, 5) is 43.6. The molecule has 5 heterocycles. The average Bonchev–Trinajstić information content (AvgIpc) is 2.74. The van der Waals surface area contributed by atoms with Crippen LogP contribution in [0.3, 0.4) is 0 Å². The second-order valence-corrected chi connectivity index (χ2v) is 7.58. The molecule has 146 valence electrons. The number of nitrogens with zero attached hydrogens (tertiary/aromatic N) is 6. The molecule has 3 aromatic rings. The highest BCUT2D eigenvalue weighted by atomic mass is 16.2. The SMILES string of the molecule is Nc1cc(-c2cc3n(c(=O)c2)C[C@H]2C[C@@H]3CN(C(=O)c3cncnc3)C2)ncn1. The monoisotopic (exact) mass is 389 g/mol. The third kappa shape index (κ3) is 3.14. The summed E-state index contributed by atoms with van der Waals surface area (Å²) in [6.45, 7) is 1.78. The van der Waals surface area contributed by atoms with E-state index in [0.717, 1.165) is 12.1 Å². The van der Waals surface area contributed by atoms with Gasteiger partial charge in [0.15, 0.2) is 0 Å². The zero-order valence-corrected chi connectivity index (χ0v) is 15.6. The molecular weight excluding hydrogens is 370 g/mol. The van der Waals surface area contributed by atoms with E-state index in [1.807, 2.05) is 15.5 Å². The van der Waals surface area contributed by atoms with Crippen molar-refractivity contribution in [1.29, 1.82) is 0 Å². The Kier molecular flexibility index (Phi) is 4.08. The zero-order valence-electron chi connectivity index (χ0n) is 15.6. The maximum atomic E-state index is 12.9. The van der Waals surface area contributed by atoms with Crippen LogP contribution < -0.4 is 11.3 Å². The molecule has 0 radical (unpaired) electrons. The van der Waals surface area contributed by atoms with Crippen molar-refractivity contribution < 1.29 is 4.79 Å². The molecule has 1 amide bonds. The van der Waals surface area contributed by atoms with Crippen molar-refractivity contribution in [3.8, 4) is 11.3 Å². The maximum Gasteiger partial charge on any atom is 0.257 e. The fraction of sp³-hybridized carbons (Fsp3) is 0.300. The molecule has 0 unspecified atom stereocenters. The van der Waals surface area contributed by atoms with Crippen molar-refractivity contribution in [2.75, 3.05) is 18.8 Å². The van der Waals surface area contributed by atoms with E-state index >= 15 is 0 Å². The predicted octanol–water partition coefficient (Wildman–Crippen LogP) is 0.937. The van der Waals surface area contributed by atoms with Gasteiger partial charge in [0.05, 0.1) is 11.3 Å². The van der Waals surface area contributed by atoms with E-state index in [-0.39, 0.29) is 23.3 Å². The number of amides is 1. The second kappa shape index (κ2) is 6.77. The zero-order chi connectivity index (χ0) is 20.0. The highest BCUT2D eigenvalue weighted by Gasteiger charge is 2.37. The Hall–Kier alpha value is -3.62. The van der Waals surface area contributed by atoms with E-state index in [1.54, 1.807) is 12.1 Å². The third-order valence-electron chi connectivity index (χ3n) is 5.64. The first-order valence-corrected chi connectivity index (χ1v) is 9.45. The van der Waals surface area contributed by atoms with Gasteiger partial charge in [-0.25, -0.2) is 19.9 Å². The van der Waals surface area contributed by atoms with Gasteiger partial charge in [-0.3, -0.25) is 9.59 Å². The van der Waals surface area contributed by atoms with Crippen molar-refractivity contribution in [2.45, 2.75) is 18.9 Å². The molecular formula is C20H19N7O2. The molecule has 1 saturated heterocycles. The number of aromatic nitrogens is 5. The van der Waals surface area contributed by atoms with Crippen LogP contribution in [0.25, 0.3) is 11.3 Å². The second-order valence-electron chi connectivity index (χ2n) is 7.58. The quantitative estimate of drug-likeness (QED) is 0.692. The molecule has 0 saturated carbocycles. The van der Waals surface area contributed by atoms with E-state index in [2.05, 4.69) is 19.9 Å². The predicted molar refractivity (Wildman–Crippen MR) is 105 cm³/mol. The summed E-state index contributed by atoms with van der Waals surface area (Å²) < 4.78 is 1.83. The van der Waals surface area contributed by atoms with Crippen LogP contribution in [-0.2, 0) is 6.54 Å². The summed E-state index contributed by atoms with van der Waals surface area (Å²) in [7, 11) is 0. The van der Waals surface area contributed by atoms with Crippen molar-refractivity contribution in [3.05, 3.63) is 64.9 Å². The van der Waals surface area contributed by atoms with E-state index in [1.165, 1.54) is 25.0 Å². The number of hydrogen-bond donors (Lipinski definition) is 1. The number of anilines is 1. The van der Waals surface area contributed by atoms with Crippen molar-refractivity contribution >= 4 is 11.7 Å². The van der Waals surface area contributed by atoms with Gasteiger partial charge in [0.1, 0.15) is 18.5 Å². The summed E-state index contributed by atoms with van der Waals surface area (Å²) in [5, 5.41) is 0. The van der Waals surface area contributed by atoms with Gasteiger partial charge in [0, 0.05) is 61.3 Å². The Morgan fingerprint density at radius 2 is 1.86 bits per heavy atom. The molecule has 9 heteroatoms. The highest BCUT2D eigenvalue weighted by molar-refractivity contribution is 5.93. The van der Waals surface area contributed by atoms with E-state index in [0.29, 0.717) is 42.3 Å². The number of nitrogens with two attached hydrogens (primary N) is 1.